The van der Waals surface area contributed by atoms with Crippen molar-refractivity contribution in [1.82, 2.24) is 4.90 Å². The van der Waals surface area contributed by atoms with Gasteiger partial charge in [0.1, 0.15) is 5.76 Å². The van der Waals surface area contributed by atoms with Crippen molar-refractivity contribution < 1.29 is 9.21 Å². The topological polar surface area (TPSA) is 85.5 Å². The Labute approximate surface area is 107 Å². The molecule has 5 heteroatoms. The molecule has 3 unspecified atom stereocenters. The highest BCUT2D eigenvalue weighted by atomic mass is 16.3. The second kappa shape index (κ2) is 5.54. The van der Waals surface area contributed by atoms with Crippen LogP contribution in [-0.2, 0) is 4.79 Å². The maximum Gasteiger partial charge on any atom is 0.221 e. The largest absolute Gasteiger partial charge is 0.468 e. The number of hydrogen-bond donors (Lipinski definition) is 2. The molecule has 4 N–H and O–H groups in total. The van der Waals surface area contributed by atoms with Crippen molar-refractivity contribution in [2.75, 3.05) is 13.1 Å². The molecule has 0 bridgehead atoms. The molecule has 18 heavy (non-hydrogen) atoms. The average Bonchev–Trinajstić information content (AvgIpc) is 2.82. The zero-order valence-electron chi connectivity index (χ0n) is 10.7. The van der Waals surface area contributed by atoms with Gasteiger partial charge >= 0.3 is 0 Å². The van der Waals surface area contributed by atoms with E-state index in [4.69, 9.17) is 15.9 Å². The molecule has 5 nitrogen and oxygen atoms in total. The predicted octanol–water partition coefficient (Wildman–Crippen LogP) is 0.865. The number of piperidine rings is 1. The average molecular weight is 251 g/mol. The molecule has 3 atom stereocenters. The van der Waals surface area contributed by atoms with Gasteiger partial charge in [-0.15, -0.1) is 0 Å². The van der Waals surface area contributed by atoms with Crippen LogP contribution in [0.2, 0.25) is 0 Å². The summed E-state index contributed by atoms with van der Waals surface area (Å²) < 4.78 is 5.47. The molecular formula is C13H21N3O2. The molecule has 1 saturated heterocycles. The van der Waals surface area contributed by atoms with Crippen LogP contribution in [0.15, 0.2) is 22.8 Å². The summed E-state index contributed by atoms with van der Waals surface area (Å²) in [7, 11) is 0. The summed E-state index contributed by atoms with van der Waals surface area (Å²) in [6.45, 7) is 3.56. The molecule has 2 heterocycles. The van der Waals surface area contributed by atoms with Gasteiger partial charge in [0.25, 0.3) is 0 Å². The van der Waals surface area contributed by atoms with Crippen LogP contribution in [0.3, 0.4) is 0 Å². The lowest BCUT2D eigenvalue weighted by molar-refractivity contribution is -0.123. The standard InChI is InChI=1S/C13H21N3O2/c1-9(14)12(11-5-3-7-18-11)16-6-2-4-10(8-16)13(15)17/h3,5,7,9-10,12H,2,4,6,8,14H2,1H3,(H2,15,17). The van der Waals surface area contributed by atoms with Gasteiger partial charge in [-0.05, 0) is 38.4 Å². The molecule has 1 aromatic rings. The maximum atomic E-state index is 11.3. The van der Waals surface area contributed by atoms with E-state index in [1.807, 2.05) is 19.1 Å². The number of nitrogens with zero attached hydrogens (tertiary/aromatic N) is 1. The second-order valence-corrected chi connectivity index (χ2v) is 5.06. The van der Waals surface area contributed by atoms with Crippen LogP contribution in [0.5, 0.6) is 0 Å². The van der Waals surface area contributed by atoms with Gasteiger partial charge in [-0.1, -0.05) is 0 Å². The third kappa shape index (κ3) is 2.73. The molecule has 100 valence electrons. The number of rotatable bonds is 4. The van der Waals surface area contributed by atoms with Crippen molar-refractivity contribution >= 4 is 5.91 Å². The number of primary amides is 1. The highest BCUT2D eigenvalue weighted by molar-refractivity contribution is 5.76. The van der Waals surface area contributed by atoms with Gasteiger partial charge in [-0.25, -0.2) is 0 Å². The van der Waals surface area contributed by atoms with Gasteiger partial charge in [0.05, 0.1) is 18.2 Å². The van der Waals surface area contributed by atoms with E-state index in [0.29, 0.717) is 6.54 Å². The van der Waals surface area contributed by atoms with Crippen molar-refractivity contribution in [1.29, 1.82) is 0 Å². The zero-order valence-corrected chi connectivity index (χ0v) is 10.7. The van der Waals surface area contributed by atoms with Gasteiger partial charge in [-0.3, -0.25) is 9.69 Å². The molecule has 1 aliphatic heterocycles. The first kappa shape index (κ1) is 13.1. The number of likely N-dealkylation sites (tertiary alicyclic amines) is 1. The Morgan fingerprint density at radius 1 is 1.61 bits per heavy atom. The predicted molar refractivity (Wildman–Crippen MR) is 68.6 cm³/mol. The number of furan rings is 1. The summed E-state index contributed by atoms with van der Waals surface area (Å²) in [6, 6.07) is 3.76. The van der Waals surface area contributed by atoms with Gasteiger partial charge in [0.2, 0.25) is 5.91 Å². The molecule has 0 saturated carbocycles. The van der Waals surface area contributed by atoms with Crippen LogP contribution in [-0.4, -0.2) is 29.9 Å². The number of amides is 1. The van der Waals surface area contributed by atoms with Crippen molar-refractivity contribution in [3.63, 3.8) is 0 Å². The zero-order chi connectivity index (χ0) is 13.1. The first-order valence-electron chi connectivity index (χ1n) is 6.42. The fraction of sp³-hybridized carbons (Fsp3) is 0.615. The highest BCUT2D eigenvalue weighted by Gasteiger charge is 2.32. The Morgan fingerprint density at radius 2 is 2.39 bits per heavy atom. The lowest BCUT2D eigenvalue weighted by Crippen LogP contribution is -2.47. The molecule has 2 rings (SSSR count). The van der Waals surface area contributed by atoms with Crippen LogP contribution in [0, 0.1) is 5.92 Å². The summed E-state index contributed by atoms with van der Waals surface area (Å²) in [5.74, 6) is 0.563. The number of nitrogens with two attached hydrogens (primary N) is 2. The third-order valence-corrected chi connectivity index (χ3v) is 3.58. The van der Waals surface area contributed by atoms with E-state index in [1.165, 1.54) is 0 Å². The fourth-order valence-corrected chi connectivity index (χ4v) is 2.72. The van der Waals surface area contributed by atoms with Crippen LogP contribution in [0.1, 0.15) is 31.6 Å². The second-order valence-electron chi connectivity index (χ2n) is 5.06. The van der Waals surface area contributed by atoms with Gasteiger partial charge in [0, 0.05) is 12.6 Å². The molecule has 1 amide bonds. The summed E-state index contributed by atoms with van der Waals surface area (Å²) in [4.78, 5) is 13.5. The molecule has 0 spiro atoms. The smallest absolute Gasteiger partial charge is 0.221 e. The van der Waals surface area contributed by atoms with Gasteiger partial charge in [-0.2, -0.15) is 0 Å². The SMILES string of the molecule is CC(N)C(c1ccco1)N1CCCC(C(N)=O)C1. The van der Waals surface area contributed by atoms with E-state index in [9.17, 15) is 4.79 Å². The molecule has 0 aromatic carbocycles. The molecule has 1 fully saturated rings. The number of hydrogen-bond acceptors (Lipinski definition) is 4. The van der Waals surface area contributed by atoms with E-state index < -0.39 is 0 Å². The van der Waals surface area contributed by atoms with E-state index in [1.54, 1.807) is 6.26 Å². The van der Waals surface area contributed by atoms with E-state index >= 15 is 0 Å². The van der Waals surface area contributed by atoms with Gasteiger partial charge in [0.15, 0.2) is 0 Å². The van der Waals surface area contributed by atoms with Crippen molar-refractivity contribution in [2.45, 2.75) is 31.8 Å². The summed E-state index contributed by atoms with van der Waals surface area (Å²) in [5, 5.41) is 0. The lowest BCUT2D eigenvalue weighted by Gasteiger charge is -2.38. The van der Waals surface area contributed by atoms with Crippen LogP contribution in [0.25, 0.3) is 0 Å². The minimum atomic E-state index is -0.220. The Balaban J connectivity index is 2.14. The summed E-state index contributed by atoms with van der Waals surface area (Å²) in [5.41, 5.74) is 11.5. The van der Waals surface area contributed by atoms with E-state index in [0.717, 1.165) is 25.1 Å². The minimum absolute atomic E-state index is 0.0159. The van der Waals surface area contributed by atoms with E-state index in [2.05, 4.69) is 4.90 Å². The molecule has 1 aliphatic rings. The van der Waals surface area contributed by atoms with Crippen molar-refractivity contribution in [2.24, 2.45) is 17.4 Å². The highest BCUT2D eigenvalue weighted by Crippen LogP contribution is 2.29. The van der Waals surface area contributed by atoms with E-state index in [-0.39, 0.29) is 23.9 Å². The Hall–Kier alpha value is -1.33. The molecule has 1 aromatic heterocycles. The monoisotopic (exact) mass is 251 g/mol. The lowest BCUT2D eigenvalue weighted by atomic mass is 9.94. The Bertz CT molecular complexity index is 389. The molecule has 0 aliphatic carbocycles. The maximum absolute atomic E-state index is 11.3. The number of carbonyl (C=O) groups excluding carboxylic acids is 1. The molecule has 0 radical (unpaired) electrons. The van der Waals surface area contributed by atoms with Crippen LogP contribution >= 0.6 is 0 Å². The first-order chi connectivity index (χ1) is 8.59. The Morgan fingerprint density at radius 3 is 2.94 bits per heavy atom. The first-order valence-corrected chi connectivity index (χ1v) is 6.42. The normalized spacial score (nSPS) is 24.7. The summed E-state index contributed by atoms with van der Waals surface area (Å²) >= 11 is 0. The van der Waals surface area contributed by atoms with Crippen molar-refractivity contribution in [3.05, 3.63) is 24.2 Å². The van der Waals surface area contributed by atoms with Crippen LogP contribution < -0.4 is 11.5 Å². The fourth-order valence-electron chi connectivity index (χ4n) is 2.72. The third-order valence-electron chi connectivity index (χ3n) is 3.58. The summed E-state index contributed by atoms with van der Waals surface area (Å²) in [6.07, 6.45) is 3.49. The Kier molecular flexibility index (Phi) is 4.04. The molecular weight excluding hydrogens is 230 g/mol. The van der Waals surface area contributed by atoms with Crippen LogP contribution in [0.4, 0.5) is 0 Å². The quantitative estimate of drug-likeness (QED) is 0.831. The minimum Gasteiger partial charge on any atom is -0.468 e. The van der Waals surface area contributed by atoms with Crippen molar-refractivity contribution in [3.8, 4) is 0 Å². The number of carbonyl (C=O) groups is 1. The van der Waals surface area contributed by atoms with Gasteiger partial charge < -0.3 is 15.9 Å².